The molecular formula is C13H18FNO3S. The van der Waals surface area contributed by atoms with Gasteiger partial charge in [-0.05, 0) is 24.1 Å². The van der Waals surface area contributed by atoms with Gasteiger partial charge in [-0.3, -0.25) is 0 Å². The zero-order chi connectivity index (χ0) is 13.9. The number of hydrogen-bond donors (Lipinski definition) is 0. The van der Waals surface area contributed by atoms with Gasteiger partial charge in [0.1, 0.15) is 5.82 Å². The van der Waals surface area contributed by atoms with Crippen LogP contribution >= 0.6 is 0 Å². The van der Waals surface area contributed by atoms with E-state index in [0.29, 0.717) is 25.3 Å². The molecule has 106 valence electrons. The molecule has 0 N–H and O–H groups in total. The van der Waals surface area contributed by atoms with E-state index >= 15 is 0 Å². The summed E-state index contributed by atoms with van der Waals surface area (Å²) >= 11 is 0. The molecule has 1 atom stereocenters. The van der Waals surface area contributed by atoms with Crippen molar-refractivity contribution in [1.29, 1.82) is 0 Å². The van der Waals surface area contributed by atoms with Gasteiger partial charge >= 0.3 is 0 Å². The van der Waals surface area contributed by atoms with Crippen LogP contribution in [0.2, 0.25) is 0 Å². The van der Waals surface area contributed by atoms with Gasteiger partial charge in [0.25, 0.3) is 0 Å². The summed E-state index contributed by atoms with van der Waals surface area (Å²) in [5, 5.41) is 0. The molecular weight excluding hydrogens is 269 g/mol. The summed E-state index contributed by atoms with van der Waals surface area (Å²) in [5.74, 6) is -0.581. The number of nitrogens with zero attached hydrogens (tertiary/aromatic N) is 1. The van der Waals surface area contributed by atoms with Crippen LogP contribution < -0.4 is 0 Å². The van der Waals surface area contributed by atoms with Crippen molar-refractivity contribution in [3.05, 3.63) is 35.6 Å². The zero-order valence-electron chi connectivity index (χ0n) is 10.9. The molecule has 1 fully saturated rings. The van der Waals surface area contributed by atoms with Crippen LogP contribution in [-0.2, 0) is 20.5 Å². The molecule has 1 aliphatic rings. The molecule has 6 heteroatoms. The molecule has 4 nitrogen and oxygen atoms in total. The lowest BCUT2D eigenvalue weighted by Gasteiger charge is -2.31. The van der Waals surface area contributed by atoms with Crippen LogP contribution in [0, 0.1) is 5.82 Å². The van der Waals surface area contributed by atoms with E-state index in [2.05, 4.69) is 0 Å². The lowest BCUT2D eigenvalue weighted by molar-refractivity contribution is -0.00282. The first-order chi connectivity index (χ1) is 9.01. The van der Waals surface area contributed by atoms with Gasteiger partial charge in [-0.25, -0.2) is 12.8 Å². The van der Waals surface area contributed by atoms with Gasteiger partial charge in [-0.1, -0.05) is 19.1 Å². The predicted octanol–water partition coefficient (Wildman–Crippen LogP) is 1.77. The first-order valence-electron chi connectivity index (χ1n) is 6.35. The van der Waals surface area contributed by atoms with Crippen LogP contribution in [0.4, 0.5) is 4.39 Å². The Labute approximate surface area is 113 Å². The Morgan fingerprint density at radius 2 is 2.26 bits per heavy atom. The first kappa shape index (κ1) is 14.4. The molecule has 1 aromatic rings. The molecule has 2 rings (SSSR count). The third-order valence-corrected chi connectivity index (χ3v) is 5.00. The van der Waals surface area contributed by atoms with Crippen LogP contribution in [-0.4, -0.2) is 38.5 Å². The van der Waals surface area contributed by atoms with E-state index in [1.54, 1.807) is 6.07 Å². The van der Waals surface area contributed by atoms with E-state index < -0.39 is 15.8 Å². The molecule has 0 radical (unpaired) electrons. The number of benzene rings is 1. The second kappa shape index (κ2) is 5.98. The third kappa shape index (κ3) is 3.75. The lowest BCUT2D eigenvalue weighted by Crippen LogP contribution is -2.45. The molecule has 19 heavy (non-hydrogen) atoms. The van der Waals surface area contributed by atoms with Crippen molar-refractivity contribution < 1.29 is 17.5 Å². The number of ether oxygens (including phenoxy) is 1. The molecule has 1 aliphatic heterocycles. The van der Waals surface area contributed by atoms with Gasteiger partial charge in [-0.15, -0.1) is 0 Å². The van der Waals surface area contributed by atoms with Crippen molar-refractivity contribution in [1.82, 2.24) is 4.31 Å². The minimum Gasteiger partial charge on any atom is -0.375 e. The highest BCUT2D eigenvalue weighted by molar-refractivity contribution is 7.88. The molecule has 1 heterocycles. The summed E-state index contributed by atoms with van der Waals surface area (Å²) in [5.41, 5.74) is 0.472. The number of rotatable bonds is 4. The first-order valence-corrected chi connectivity index (χ1v) is 7.96. The topological polar surface area (TPSA) is 46.6 Å². The predicted molar refractivity (Wildman–Crippen MR) is 70.6 cm³/mol. The highest BCUT2D eigenvalue weighted by Gasteiger charge is 2.28. The number of morpholine rings is 1. The molecule has 0 saturated carbocycles. The summed E-state index contributed by atoms with van der Waals surface area (Å²) < 4.78 is 44.5. The van der Waals surface area contributed by atoms with Gasteiger partial charge in [0.15, 0.2) is 0 Å². The third-order valence-electron chi connectivity index (χ3n) is 3.19. The van der Waals surface area contributed by atoms with Gasteiger partial charge in [0.2, 0.25) is 10.0 Å². The summed E-state index contributed by atoms with van der Waals surface area (Å²) in [4.78, 5) is 0. The minimum atomic E-state index is -3.41. The van der Waals surface area contributed by atoms with Gasteiger partial charge in [0.05, 0.1) is 18.5 Å². The molecule has 0 amide bonds. The Balaban J connectivity index is 2.09. The highest BCUT2D eigenvalue weighted by atomic mass is 32.2. The quantitative estimate of drug-likeness (QED) is 0.848. The molecule has 1 aromatic carbocycles. The van der Waals surface area contributed by atoms with Gasteiger partial charge < -0.3 is 4.74 Å². The standard InChI is InChI=1S/C13H18FNO3S/c1-2-13-9-15(6-7-18-13)19(16,17)10-11-4-3-5-12(14)8-11/h3-5,8,13H,2,6-7,9-10H2,1H3. The minimum absolute atomic E-state index is 0.0453. The van der Waals surface area contributed by atoms with Crippen LogP contribution in [0.1, 0.15) is 18.9 Å². The summed E-state index contributed by atoms with van der Waals surface area (Å²) in [6.45, 7) is 3.14. The summed E-state index contributed by atoms with van der Waals surface area (Å²) in [6.07, 6.45) is 0.738. The maximum atomic E-state index is 13.1. The maximum absolute atomic E-state index is 13.1. The van der Waals surface area contributed by atoms with Crippen molar-refractivity contribution in [3.8, 4) is 0 Å². The molecule has 0 bridgehead atoms. The van der Waals surface area contributed by atoms with Crippen molar-refractivity contribution in [2.75, 3.05) is 19.7 Å². The Morgan fingerprint density at radius 1 is 1.47 bits per heavy atom. The van der Waals surface area contributed by atoms with Gasteiger partial charge in [-0.2, -0.15) is 4.31 Å². The Hall–Kier alpha value is -0.980. The average Bonchev–Trinajstić information content (AvgIpc) is 2.38. The number of halogens is 1. The Morgan fingerprint density at radius 3 is 2.95 bits per heavy atom. The van der Waals surface area contributed by atoms with E-state index in [4.69, 9.17) is 4.74 Å². The van der Waals surface area contributed by atoms with E-state index in [9.17, 15) is 12.8 Å². The zero-order valence-corrected chi connectivity index (χ0v) is 11.7. The molecule has 1 saturated heterocycles. The average molecular weight is 287 g/mol. The van der Waals surface area contributed by atoms with E-state index in [1.807, 2.05) is 6.92 Å². The Bertz CT molecular complexity index is 532. The Kier molecular flexibility index (Phi) is 4.54. The lowest BCUT2D eigenvalue weighted by atomic mass is 10.2. The van der Waals surface area contributed by atoms with Crippen LogP contribution in [0.5, 0.6) is 0 Å². The van der Waals surface area contributed by atoms with Crippen molar-refractivity contribution >= 4 is 10.0 Å². The number of hydrogen-bond acceptors (Lipinski definition) is 3. The normalized spacial score (nSPS) is 21.5. The molecule has 0 aliphatic carbocycles. The monoisotopic (exact) mass is 287 g/mol. The smallest absolute Gasteiger partial charge is 0.218 e. The van der Waals surface area contributed by atoms with E-state index in [0.717, 1.165) is 6.42 Å². The van der Waals surface area contributed by atoms with Crippen molar-refractivity contribution in [2.24, 2.45) is 0 Å². The second-order valence-electron chi connectivity index (χ2n) is 4.65. The highest BCUT2D eigenvalue weighted by Crippen LogP contribution is 2.16. The fourth-order valence-electron chi connectivity index (χ4n) is 2.12. The van der Waals surface area contributed by atoms with E-state index in [-0.39, 0.29) is 11.9 Å². The second-order valence-corrected chi connectivity index (χ2v) is 6.61. The SMILES string of the molecule is CCC1CN(S(=O)(=O)Cc2cccc(F)c2)CCO1. The van der Waals surface area contributed by atoms with Gasteiger partial charge in [0, 0.05) is 13.1 Å². The molecule has 0 spiro atoms. The summed E-state index contributed by atoms with van der Waals surface area (Å²) in [7, 11) is -3.41. The van der Waals surface area contributed by atoms with Crippen LogP contribution in [0.3, 0.4) is 0 Å². The molecule has 0 aromatic heterocycles. The van der Waals surface area contributed by atoms with Crippen molar-refractivity contribution in [2.45, 2.75) is 25.2 Å². The summed E-state index contributed by atoms with van der Waals surface area (Å²) in [6, 6.07) is 5.71. The fraction of sp³-hybridized carbons (Fsp3) is 0.538. The van der Waals surface area contributed by atoms with E-state index in [1.165, 1.54) is 22.5 Å². The maximum Gasteiger partial charge on any atom is 0.218 e. The fourth-order valence-corrected chi connectivity index (χ4v) is 3.65. The van der Waals surface area contributed by atoms with Crippen LogP contribution in [0.15, 0.2) is 24.3 Å². The number of sulfonamides is 1. The van der Waals surface area contributed by atoms with Crippen molar-refractivity contribution in [3.63, 3.8) is 0 Å². The molecule has 1 unspecified atom stereocenters. The van der Waals surface area contributed by atoms with Crippen LogP contribution in [0.25, 0.3) is 0 Å². The largest absolute Gasteiger partial charge is 0.375 e.